The van der Waals surface area contributed by atoms with Crippen molar-refractivity contribution in [2.24, 2.45) is 0 Å². The van der Waals surface area contributed by atoms with E-state index in [0.717, 1.165) is 42.0 Å². The molecule has 1 aliphatic carbocycles. The van der Waals surface area contributed by atoms with E-state index in [1.54, 1.807) is 12.4 Å². The van der Waals surface area contributed by atoms with Gasteiger partial charge >= 0.3 is 0 Å². The van der Waals surface area contributed by atoms with Gasteiger partial charge in [-0.15, -0.1) is 0 Å². The van der Waals surface area contributed by atoms with Gasteiger partial charge in [0.2, 0.25) is 0 Å². The van der Waals surface area contributed by atoms with Crippen molar-refractivity contribution in [2.45, 2.75) is 32.1 Å². The molecule has 0 radical (unpaired) electrons. The number of hydrogen-bond donors (Lipinski definition) is 2. The van der Waals surface area contributed by atoms with Crippen LogP contribution in [0.4, 0.5) is 4.39 Å². The number of nitrogens with zero attached hydrogens (tertiary/aromatic N) is 2. The van der Waals surface area contributed by atoms with Crippen molar-refractivity contribution < 1.29 is 9.13 Å². The number of nitrogens with one attached hydrogen (secondary N) is 2. The fourth-order valence-electron chi connectivity index (χ4n) is 4.08. The van der Waals surface area contributed by atoms with E-state index in [1.165, 1.54) is 17.2 Å². The summed E-state index contributed by atoms with van der Waals surface area (Å²) in [5.74, 6) is 1.71. The molecule has 2 heterocycles. The summed E-state index contributed by atoms with van der Waals surface area (Å²) in [5.41, 5.74) is 5.40. The maximum absolute atomic E-state index is 14.7. The van der Waals surface area contributed by atoms with Crippen LogP contribution in [0.1, 0.15) is 36.2 Å². The molecule has 0 aliphatic heterocycles. The number of halogens is 1. The van der Waals surface area contributed by atoms with Crippen molar-refractivity contribution in [3.05, 3.63) is 65.5 Å². The Kier molecular flexibility index (Phi) is 4.11. The van der Waals surface area contributed by atoms with Crippen molar-refractivity contribution in [3.63, 3.8) is 0 Å². The van der Waals surface area contributed by atoms with Crippen LogP contribution in [0.3, 0.4) is 0 Å². The van der Waals surface area contributed by atoms with Gasteiger partial charge in [0.05, 0.1) is 18.3 Å². The van der Waals surface area contributed by atoms with E-state index in [2.05, 4.69) is 27.3 Å². The molecule has 28 heavy (non-hydrogen) atoms. The lowest BCUT2D eigenvalue weighted by Gasteiger charge is -2.23. The third kappa shape index (κ3) is 2.95. The van der Waals surface area contributed by atoms with Gasteiger partial charge in [0, 0.05) is 17.7 Å². The lowest BCUT2D eigenvalue weighted by molar-refractivity contribution is 0.339. The smallest absolute Gasteiger partial charge is 0.149 e. The molecule has 0 fully saturated rings. The topological polar surface area (TPSA) is 66.6 Å². The SMILES string of the molecule is CCOc1ccc2c(c1)CC(c1nc3cc(-c4cn[nH]c4)cc(F)c3[nH]1)CC2. The predicted octanol–water partition coefficient (Wildman–Crippen LogP) is 4.76. The van der Waals surface area contributed by atoms with Crippen molar-refractivity contribution in [2.75, 3.05) is 6.61 Å². The Hall–Kier alpha value is -3.15. The molecule has 2 N–H and O–H groups in total. The molecule has 0 saturated heterocycles. The van der Waals surface area contributed by atoms with E-state index in [9.17, 15) is 4.39 Å². The van der Waals surface area contributed by atoms with Crippen molar-refractivity contribution in [3.8, 4) is 16.9 Å². The first-order chi connectivity index (χ1) is 13.7. The zero-order valence-corrected chi connectivity index (χ0v) is 15.6. The molecular formula is C22H21FN4O. The monoisotopic (exact) mass is 376 g/mol. The van der Waals surface area contributed by atoms with Gasteiger partial charge in [0.25, 0.3) is 0 Å². The third-order valence-corrected chi connectivity index (χ3v) is 5.50. The Balaban J connectivity index is 1.48. The molecule has 2 aromatic heterocycles. The van der Waals surface area contributed by atoms with Gasteiger partial charge in [0.1, 0.15) is 22.9 Å². The summed E-state index contributed by atoms with van der Waals surface area (Å²) in [6.45, 7) is 2.65. The Labute approximate surface area is 162 Å². The van der Waals surface area contributed by atoms with E-state index in [-0.39, 0.29) is 11.7 Å². The molecule has 5 nitrogen and oxygen atoms in total. The second kappa shape index (κ2) is 6.78. The minimum atomic E-state index is -0.290. The fourth-order valence-corrected chi connectivity index (χ4v) is 4.08. The predicted molar refractivity (Wildman–Crippen MR) is 106 cm³/mol. The minimum Gasteiger partial charge on any atom is -0.494 e. The molecule has 4 aromatic rings. The Morgan fingerprint density at radius 1 is 1.18 bits per heavy atom. The van der Waals surface area contributed by atoms with E-state index in [0.29, 0.717) is 17.6 Å². The molecule has 2 aromatic carbocycles. The first-order valence-electron chi connectivity index (χ1n) is 9.64. The number of ether oxygens (including phenoxy) is 1. The summed E-state index contributed by atoms with van der Waals surface area (Å²) in [6, 6.07) is 9.76. The molecular weight excluding hydrogens is 355 g/mol. The summed E-state index contributed by atoms with van der Waals surface area (Å²) in [6.07, 6.45) is 6.31. The Morgan fingerprint density at radius 2 is 2.11 bits per heavy atom. The number of aromatic nitrogens is 4. The molecule has 1 unspecified atom stereocenters. The zero-order valence-electron chi connectivity index (χ0n) is 15.6. The molecule has 0 saturated carbocycles. The number of hydrogen-bond acceptors (Lipinski definition) is 3. The minimum absolute atomic E-state index is 0.244. The highest BCUT2D eigenvalue weighted by Gasteiger charge is 2.24. The van der Waals surface area contributed by atoms with Crippen molar-refractivity contribution in [1.82, 2.24) is 20.2 Å². The number of imidazole rings is 1. The fraction of sp³-hybridized carbons (Fsp3) is 0.273. The van der Waals surface area contributed by atoms with Gasteiger partial charge in [-0.1, -0.05) is 6.07 Å². The standard InChI is InChI=1S/C22H21FN4O/c1-2-28-18-6-5-13-3-4-14(7-15(13)8-18)22-26-20-10-16(17-11-24-25-12-17)9-19(23)21(20)27-22/h5-6,8-12,14H,2-4,7H2,1H3,(H,24,25)(H,26,27). The van der Waals surface area contributed by atoms with Gasteiger partial charge in [0.15, 0.2) is 0 Å². The quantitative estimate of drug-likeness (QED) is 0.539. The largest absolute Gasteiger partial charge is 0.494 e. The van der Waals surface area contributed by atoms with Crippen LogP contribution in [0.15, 0.2) is 42.7 Å². The molecule has 5 rings (SSSR count). The zero-order chi connectivity index (χ0) is 19.1. The summed E-state index contributed by atoms with van der Waals surface area (Å²) in [7, 11) is 0. The molecule has 142 valence electrons. The summed E-state index contributed by atoms with van der Waals surface area (Å²) >= 11 is 0. The van der Waals surface area contributed by atoms with Crippen LogP contribution in [0.25, 0.3) is 22.2 Å². The van der Waals surface area contributed by atoms with E-state index >= 15 is 0 Å². The van der Waals surface area contributed by atoms with Gasteiger partial charge < -0.3 is 9.72 Å². The second-order valence-electron chi connectivity index (χ2n) is 7.26. The first kappa shape index (κ1) is 17.0. The van der Waals surface area contributed by atoms with E-state index < -0.39 is 0 Å². The number of rotatable bonds is 4. The van der Waals surface area contributed by atoms with Crippen molar-refractivity contribution >= 4 is 11.0 Å². The molecule has 1 aliphatic rings. The summed E-state index contributed by atoms with van der Waals surface area (Å²) in [4.78, 5) is 7.98. The van der Waals surface area contributed by atoms with Crippen LogP contribution in [0.5, 0.6) is 5.75 Å². The number of aryl methyl sites for hydroxylation is 1. The van der Waals surface area contributed by atoms with Gasteiger partial charge in [-0.25, -0.2) is 9.37 Å². The maximum atomic E-state index is 14.7. The van der Waals surface area contributed by atoms with Gasteiger partial charge in [-0.05, 0) is 67.1 Å². The number of benzene rings is 2. The Morgan fingerprint density at radius 3 is 2.93 bits per heavy atom. The highest BCUT2D eigenvalue weighted by molar-refractivity contribution is 5.82. The average molecular weight is 376 g/mol. The van der Waals surface area contributed by atoms with Crippen molar-refractivity contribution in [1.29, 1.82) is 0 Å². The van der Waals surface area contributed by atoms with Crippen LogP contribution in [-0.2, 0) is 12.8 Å². The van der Waals surface area contributed by atoms with E-state index in [4.69, 9.17) is 9.72 Å². The number of aromatic amines is 2. The van der Waals surface area contributed by atoms with Gasteiger partial charge in [-0.2, -0.15) is 5.10 Å². The first-order valence-corrected chi connectivity index (χ1v) is 9.64. The molecule has 0 amide bonds. The lowest BCUT2D eigenvalue weighted by Crippen LogP contribution is -2.14. The molecule has 0 spiro atoms. The van der Waals surface area contributed by atoms with Crippen LogP contribution < -0.4 is 4.74 Å². The highest BCUT2D eigenvalue weighted by atomic mass is 19.1. The summed E-state index contributed by atoms with van der Waals surface area (Å²) in [5, 5.41) is 6.71. The van der Waals surface area contributed by atoms with E-state index in [1.807, 2.05) is 19.1 Å². The molecule has 1 atom stereocenters. The normalized spacial score (nSPS) is 16.3. The summed E-state index contributed by atoms with van der Waals surface area (Å²) < 4.78 is 20.3. The lowest BCUT2D eigenvalue weighted by atomic mass is 9.83. The number of fused-ring (bicyclic) bond motifs is 2. The van der Waals surface area contributed by atoms with Gasteiger partial charge in [-0.3, -0.25) is 5.10 Å². The van der Waals surface area contributed by atoms with Crippen LogP contribution in [0, 0.1) is 5.82 Å². The highest BCUT2D eigenvalue weighted by Crippen LogP contribution is 2.35. The van der Waals surface area contributed by atoms with Crippen LogP contribution in [0.2, 0.25) is 0 Å². The maximum Gasteiger partial charge on any atom is 0.149 e. The molecule has 0 bridgehead atoms. The molecule has 6 heteroatoms. The number of H-pyrrole nitrogens is 2. The Bertz CT molecular complexity index is 1130. The van der Waals surface area contributed by atoms with Crippen LogP contribution >= 0.6 is 0 Å². The second-order valence-corrected chi connectivity index (χ2v) is 7.26. The van der Waals surface area contributed by atoms with Crippen LogP contribution in [-0.4, -0.2) is 26.8 Å². The average Bonchev–Trinajstić information content (AvgIpc) is 3.38. The third-order valence-electron chi connectivity index (χ3n) is 5.50.